The minimum Gasteiger partial charge on any atom is -0.455 e. The van der Waals surface area contributed by atoms with Gasteiger partial charge in [0, 0.05) is 58.6 Å². The van der Waals surface area contributed by atoms with Gasteiger partial charge in [-0.05, 0) is 60.7 Å². The number of hydrogen-bond donors (Lipinski definition) is 0. The van der Waals surface area contributed by atoms with E-state index in [0.29, 0.717) is 34.5 Å². The molecule has 0 fully saturated rings. The van der Waals surface area contributed by atoms with Crippen molar-refractivity contribution in [2.45, 2.75) is 0 Å². The molecule has 57 heavy (non-hydrogen) atoms. The summed E-state index contributed by atoms with van der Waals surface area (Å²) in [4.78, 5) is 25.5. The Kier molecular flexibility index (Phi) is 6.96. The van der Waals surface area contributed by atoms with E-state index < -0.39 is 0 Å². The molecule has 0 saturated carbocycles. The molecule has 12 aromatic rings. The van der Waals surface area contributed by atoms with E-state index >= 15 is 0 Å². The van der Waals surface area contributed by atoms with Crippen LogP contribution in [0, 0.1) is 0 Å². The van der Waals surface area contributed by atoms with Gasteiger partial charge in [-0.25, -0.2) is 24.9 Å². The van der Waals surface area contributed by atoms with Crippen molar-refractivity contribution in [3.63, 3.8) is 0 Å². The quantitative estimate of drug-likeness (QED) is 0.173. The summed E-state index contributed by atoms with van der Waals surface area (Å²) in [5.74, 6) is 2.36. The molecule has 266 valence electrons. The molecule has 0 atom stereocenters. The lowest BCUT2D eigenvalue weighted by Crippen LogP contribution is -2.00. The molecule has 0 unspecified atom stereocenters. The molecule has 0 spiro atoms. The van der Waals surface area contributed by atoms with Crippen molar-refractivity contribution in [3.8, 4) is 56.8 Å². The maximum atomic E-state index is 6.65. The van der Waals surface area contributed by atoms with Crippen molar-refractivity contribution in [2.24, 2.45) is 0 Å². The Labute approximate surface area is 328 Å². The highest BCUT2D eigenvalue weighted by Crippen LogP contribution is 2.41. The average Bonchev–Trinajstić information content (AvgIpc) is 3.97. The zero-order chi connectivity index (χ0) is 37.5. The molecule has 0 aliphatic heterocycles. The molecular weight excluding hydrogens is 723 g/mol. The lowest BCUT2D eigenvalue weighted by molar-refractivity contribution is 0.666. The third kappa shape index (κ3) is 5.15. The van der Waals surface area contributed by atoms with Crippen molar-refractivity contribution < 1.29 is 8.83 Å². The van der Waals surface area contributed by atoms with Gasteiger partial charge in [-0.1, -0.05) is 103 Å². The smallest absolute Gasteiger partial charge is 0.180 e. The lowest BCUT2D eigenvalue weighted by Gasteiger charge is -2.09. The second-order valence-electron chi connectivity index (χ2n) is 14.0. The second-order valence-corrected chi connectivity index (χ2v) is 15.1. The van der Waals surface area contributed by atoms with Crippen molar-refractivity contribution >= 4 is 75.5 Å². The molecule has 0 aliphatic carbocycles. The number of aromatic nitrogens is 5. The standard InChI is InChI=1S/C49H27N5O2S/c1-3-12-28(13-4-1)42-45-43(34-17-7-9-20-38(34)56-45)51-49(50-42)35-19-11-18-33-36-26-30(22-24-39(36)55-44(33)35)47-52-46(29-14-5-2-6-15-29)53-48(54-47)31-23-25-41-37(27-31)32-16-8-10-21-40(32)57-41/h1-27H. The van der Waals surface area contributed by atoms with Crippen LogP contribution in [0.15, 0.2) is 173 Å². The minimum absolute atomic E-state index is 0.558. The van der Waals surface area contributed by atoms with Gasteiger partial charge in [0.25, 0.3) is 0 Å². The topological polar surface area (TPSA) is 90.7 Å². The van der Waals surface area contributed by atoms with Gasteiger partial charge >= 0.3 is 0 Å². The number of hydrogen-bond acceptors (Lipinski definition) is 8. The van der Waals surface area contributed by atoms with Crippen LogP contribution >= 0.6 is 11.3 Å². The van der Waals surface area contributed by atoms with Gasteiger partial charge in [-0.15, -0.1) is 11.3 Å². The Balaban J connectivity index is 1.03. The molecule has 5 heterocycles. The number of thiophene rings is 1. The van der Waals surface area contributed by atoms with Crippen LogP contribution in [0.5, 0.6) is 0 Å². The molecule has 0 radical (unpaired) electrons. The zero-order valence-electron chi connectivity index (χ0n) is 30.0. The van der Waals surface area contributed by atoms with Gasteiger partial charge in [0.2, 0.25) is 0 Å². The first-order valence-corrected chi connectivity index (χ1v) is 19.5. The number of benzene rings is 7. The Bertz CT molecular complexity index is 3540. The monoisotopic (exact) mass is 749 g/mol. The van der Waals surface area contributed by atoms with Crippen LogP contribution < -0.4 is 0 Å². The predicted octanol–water partition coefficient (Wildman–Crippen LogP) is 13.2. The van der Waals surface area contributed by atoms with Crippen LogP contribution in [0.3, 0.4) is 0 Å². The summed E-state index contributed by atoms with van der Waals surface area (Å²) in [6.07, 6.45) is 0. The third-order valence-electron chi connectivity index (χ3n) is 10.6. The van der Waals surface area contributed by atoms with Crippen molar-refractivity contribution in [1.82, 2.24) is 24.9 Å². The highest BCUT2D eigenvalue weighted by atomic mass is 32.1. The van der Waals surface area contributed by atoms with Gasteiger partial charge in [0.05, 0.1) is 5.56 Å². The number of para-hydroxylation sites is 2. The summed E-state index contributed by atoms with van der Waals surface area (Å²) in [6.45, 7) is 0. The Hall–Kier alpha value is -7.55. The van der Waals surface area contributed by atoms with Crippen LogP contribution in [0.1, 0.15) is 0 Å². The van der Waals surface area contributed by atoms with E-state index in [0.717, 1.165) is 66.4 Å². The summed E-state index contributed by atoms with van der Waals surface area (Å²) < 4.78 is 15.5. The molecule has 0 bridgehead atoms. The van der Waals surface area contributed by atoms with Crippen molar-refractivity contribution in [1.29, 1.82) is 0 Å². The van der Waals surface area contributed by atoms with E-state index in [2.05, 4.69) is 54.6 Å². The molecule has 5 aromatic heterocycles. The Morgan fingerprint density at radius 1 is 0.351 bits per heavy atom. The molecule has 7 aromatic carbocycles. The fourth-order valence-electron chi connectivity index (χ4n) is 7.83. The van der Waals surface area contributed by atoms with E-state index in [-0.39, 0.29) is 0 Å². The van der Waals surface area contributed by atoms with E-state index in [9.17, 15) is 0 Å². The second kappa shape index (κ2) is 12.5. The van der Waals surface area contributed by atoms with E-state index in [1.54, 1.807) is 11.3 Å². The Morgan fingerprint density at radius 3 is 1.75 bits per heavy atom. The summed E-state index contributed by atoms with van der Waals surface area (Å²) in [6, 6.07) is 55.3. The molecule has 0 amide bonds. The molecule has 0 N–H and O–H groups in total. The largest absolute Gasteiger partial charge is 0.455 e. The molecular formula is C49H27N5O2S. The fourth-order valence-corrected chi connectivity index (χ4v) is 8.92. The maximum Gasteiger partial charge on any atom is 0.180 e. The molecule has 0 saturated heterocycles. The van der Waals surface area contributed by atoms with E-state index in [1.165, 1.54) is 20.2 Å². The molecule has 7 nitrogen and oxygen atoms in total. The van der Waals surface area contributed by atoms with Gasteiger partial charge in [0.15, 0.2) is 28.9 Å². The third-order valence-corrected chi connectivity index (χ3v) is 11.7. The highest BCUT2D eigenvalue weighted by Gasteiger charge is 2.22. The minimum atomic E-state index is 0.558. The van der Waals surface area contributed by atoms with Crippen LogP contribution in [-0.4, -0.2) is 24.9 Å². The number of furan rings is 2. The normalized spacial score (nSPS) is 11.9. The zero-order valence-corrected chi connectivity index (χ0v) is 30.9. The van der Waals surface area contributed by atoms with Crippen LogP contribution in [-0.2, 0) is 0 Å². The highest BCUT2D eigenvalue weighted by molar-refractivity contribution is 7.25. The Morgan fingerprint density at radius 2 is 0.947 bits per heavy atom. The van der Waals surface area contributed by atoms with E-state index in [4.69, 9.17) is 33.8 Å². The maximum absolute atomic E-state index is 6.65. The van der Waals surface area contributed by atoms with Gasteiger partial charge in [0.1, 0.15) is 28.0 Å². The average molecular weight is 750 g/mol. The molecule has 8 heteroatoms. The number of nitrogens with zero attached hydrogens (tertiary/aromatic N) is 5. The summed E-state index contributed by atoms with van der Waals surface area (Å²) in [7, 11) is 0. The lowest BCUT2D eigenvalue weighted by atomic mass is 10.1. The van der Waals surface area contributed by atoms with Gasteiger partial charge in [-0.3, -0.25) is 0 Å². The van der Waals surface area contributed by atoms with Crippen LogP contribution in [0.2, 0.25) is 0 Å². The summed E-state index contributed by atoms with van der Waals surface area (Å²) >= 11 is 1.79. The van der Waals surface area contributed by atoms with Gasteiger partial charge < -0.3 is 8.83 Å². The van der Waals surface area contributed by atoms with Crippen molar-refractivity contribution in [3.05, 3.63) is 164 Å². The van der Waals surface area contributed by atoms with Crippen LogP contribution in [0.25, 0.3) is 121 Å². The first-order chi connectivity index (χ1) is 28.2. The van der Waals surface area contributed by atoms with E-state index in [1.807, 2.05) is 109 Å². The van der Waals surface area contributed by atoms with Gasteiger partial charge in [-0.2, -0.15) is 0 Å². The van der Waals surface area contributed by atoms with Crippen LogP contribution in [0.4, 0.5) is 0 Å². The SMILES string of the molecule is c1ccc(-c2nc(-c3ccc4oc5c(-c6nc(-c7ccccc7)c7oc8ccccc8c7n6)cccc5c4c3)nc(-c3ccc4sc5ccccc5c4c3)n2)cc1. The summed E-state index contributed by atoms with van der Waals surface area (Å²) in [5, 5.41) is 5.24. The number of fused-ring (bicyclic) bond motifs is 9. The molecule has 0 aliphatic rings. The summed E-state index contributed by atoms with van der Waals surface area (Å²) in [5.41, 5.74) is 8.80. The first kappa shape index (κ1) is 31.8. The number of rotatable bonds is 5. The predicted molar refractivity (Wildman–Crippen MR) is 230 cm³/mol. The molecule has 12 rings (SSSR count). The fraction of sp³-hybridized carbons (Fsp3) is 0. The first-order valence-electron chi connectivity index (χ1n) is 18.7. The van der Waals surface area contributed by atoms with Crippen molar-refractivity contribution in [2.75, 3.05) is 0 Å².